The number of hydrogen-bond donors (Lipinski definition) is 0. The lowest BCUT2D eigenvalue weighted by Crippen LogP contribution is -2.41. The number of aryl methyl sites for hydroxylation is 1. The van der Waals surface area contributed by atoms with Gasteiger partial charge in [0.2, 0.25) is 10.0 Å². The van der Waals surface area contributed by atoms with Crippen molar-refractivity contribution in [3.63, 3.8) is 0 Å². The van der Waals surface area contributed by atoms with Crippen LogP contribution in [0.25, 0.3) is 0 Å². The van der Waals surface area contributed by atoms with E-state index in [-0.39, 0.29) is 17.4 Å². The van der Waals surface area contributed by atoms with Crippen molar-refractivity contribution in [2.75, 3.05) is 13.1 Å². The van der Waals surface area contributed by atoms with Gasteiger partial charge in [-0.05, 0) is 43.9 Å². The predicted molar refractivity (Wildman–Crippen MR) is 146 cm³/mol. The van der Waals surface area contributed by atoms with Gasteiger partial charge in [0.1, 0.15) is 5.78 Å². The Morgan fingerprint density at radius 1 is 1.00 bits per heavy atom. The second-order valence-electron chi connectivity index (χ2n) is 11.3. The average Bonchev–Trinajstić information content (AvgIpc) is 2.98. The summed E-state index contributed by atoms with van der Waals surface area (Å²) in [5, 5.41) is 0. The van der Waals surface area contributed by atoms with Crippen LogP contribution in [0, 0.1) is 12.8 Å². The van der Waals surface area contributed by atoms with E-state index in [9.17, 15) is 13.2 Å². The van der Waals surface area contributed by atoms with E-state index in [1.54, 1.807) is 16.4 Å². The van der Waals surface area contributed by atoms with E-state index >= 15 is 0 Å². The minimum atomic E-state index is -3.64. The van der Waals surface area contributed by atoms with Crippen molar-refractivity contribution >= 4 is 23.9 Å². The lowest BCUT2D eigenvalue weighted by Gasteiger charge is -2.32. The highest BCUT2D eigenvalue weighted by atomic mass is 32.2. The molecule has 35 heavy (non-hydrogen) atoms. The van der Waals surface area contributed by atoms with Gasteiger partial charge in [-0.25, -0.2) is 8.42 Å². The van der Waals surface area contributed by atoms with Crippen LogP contribution >= 0.6 is 0 Å². The molecule has 0 aromatic heterocycles. The Kier molecular flexibility index (Phi) is 7.56. The van der Waals surface area contributed by atoms with Crippen LogP contribution in [-0.2, 0) is 14.8 Å². The van der Waals surface area contributed by atoms with Crippen molar-refractivity contribution in [3.8, 4) is 0 Å². The van der Waals surface area contributed by atoms with Crippen molar-refractivity contribution in [2.45, 2.75) is 75.5 Å². The fourth-order valence-electron chi connectivity index (χ4n) is 6.07. The molecule has 0 amide bonds. The number of benzene rings is 2. The maximum atomic E-state index is 14.1. The summed E-state index contributed by atoms with van der Waals surface area (Å²) in [7, 11) is -5.58. The molecule has 1 fully saturated rings. The zero-order valence-corrected chi connectivity index (χ0v) is 23.6. The number of sulfonamides is 1. The Hall–Kier alpha value is -2.02. The molecule has 1 aliphatic heterocycles. The molecule has 1 aliphatic carbocycles. The normalized spacial score (nSPS) is 23.9. The molecule has 2 aromatic rings. The van der Waals surface area contributed by atoms with Gasteiger partial charge in [-0.3, -0.25) is 4.79 Å². The third kappa shape index (κ3) is 5.11. The highest BCUT2D eigenvalue weighted by molar-refractivity contribution is 7.89. The summed E-state index contributed by atoms with van der Waals surface area (Å²) in [6, 6.07) is 17.3. The third-order valence-electron chi connectivity index (χ3n) is 7.73. The van der Waals surface area contributed by atoms with Gasteiger partial charge < -0.3 is 0 Å². The molecule has 4 nitrogen and oxygen atoms in total. The van der Waals surface area contributed by atoms with Gasteiger partial charge in [-0.1, -0.05) is 92.2 Å². The summed E-state index contributed by atoms with van der Waals surface area (Å²) in [6.45, 7) is 11.8. The van der Waals surface area contributed by atoms with Gasteiger partial charge in [0.15, 0.2) is 0 Å². The minimum absolute atomic E-state index is 0.0473. The first kappa shape index (κ1) is 26.1. The molecule has 1 heterocycles. The first-order valence-corrected chi connectivity index (χ1v) is 17.9. The van der Waals surface area contributed by atoms with E-state index in [4.69, 9.17) is 0 Å². The molecular formula is C29H39NO3SSi. The van der Waals surface area contributed by atoms with Gasteiger partial charge >= 0.3 is 0 Å². The molecule has 0 radical (unpaired) electrons. The van der Waals surface area contributed by atoms with Gasteiger partial charge in [0.25, 0.3) is 0 Å². The van der Waals surface area contributed by atoms with E-state index in [2.05, 4.69) is 38.7 Å². The molecule has 1 saturated carbocycles. The maximum Gasteiger partial charge on any atom is 0.243 e. The lowest BCUT2D eigenvalue weighted by molar-refractivity contribution is -0.118. The molecule has 188 valence electrons. The number of Topliss-reactive ketones (excluding diaryl/α,β-unsaturated/α-hetero) is 1. The smallest absolute Gasteiger partial charge is 0.243 e. The SMILES string of the molecule is CCCCC1=C2C(c3ccccc3)C(=O)C([Si](C)(C)C)C2CN(S(=O)(=O)c2ccc(C)cc2)CC1. The summed E-state index contributed by atoms with van der Waals surface area (Å²) in [6.07, 6.45) is 3.78. The van der Waals surface area contributed by atoms with Crippen LogP contribution in [0.4, 0.5) is 0 Å². The van der Waals surface area contributed by atoms with Gasteiger partial charge in [-0.15, -0.1) is 0 Å². The average molecular weight is 510 g/mol. The lowest BCUT2D eigenvalue weighted by atomic mass is 9.85. The number of carbonyl (C=O) groups is 1. The van der Waals surface area contributed by atoms with E-state index in [1.165, 1.54) is 11.1 Å². The van der Waals surface area contributed by atoms with Gasteiger partial charge in [0, 0.05) is 24.5 Å². The Morgan fingerprint density at radius 2 is 1.66 bits per heavy atom. The number of fused-ring (bicyclic) bond motifs is 1. The standard InChI is InChI=1S/C29H39NO3SSi/c1-6-7-11-23-18-19-30(34(32,33)24-16-14-21(2)15-17-24)20-25-26(23)27(22-12-9-8-10-13-22)28(31)29(25)35(3,4)5/h8-10,12-17,25,27,29H,6-7,11,18-20H2,1-5H3. The van der Waals surface area contributed by atoms with Gasteiger partial charge in [0.05, 0.1) is 18.9 Å². The number of ketones is 1. The first-order chi connectivity index (χ1) is 16.6. The molecule has 0 bridgehead atoms. The summed E-state index contributed by atoms with van der Waals surface area (Å²) in [5.74, 6) is 0.0136. The molecule has 3 atom stereocenters. The van der Waals surface area contributed by atoms with Crippen LogP contribution in [0.5, 0.6) is 0 Å². The Balaban J connectivity index is 1.84. The molecule has 2 aromatic carbocycles. The molecule has 0 spiro atoms. The van der Waals surface area contributed by atoms with Crippen LogP contribution in [0.15, 0.2) is 70.6 Å². The van der Waals surface area contributed by atoms with Crippen molar-refractivity contribution in [3.05, 3.63) is 76.9 Å². The first-order valence-electron chi connectivity index (χ1n) is 12.9. The highest BCUT2D eigenvalue weighted by Crippen LogP contribution is 2.54. The number of nitrogens with zero attached hydrogens (tertiary/aromatic N) is 1. The second kappa shape index (κ2) is 10.2. The Morgan fingerprint density at radius 3 is 2.26 bits per heavy atom. The number of carbonyl (C=O) groups excluding carboxylic acids is 1. The zero-order chi connectivity index (χ0) is 25.4. The fourth-order valence-corrected chi connectivity index (χ4v) is 10.0. The molecule has 4 rings (SSSR count). The second-order valence-corrected chi connectivity index (χ2v) is 18.6. The van der Waals surface area contributed by atoms with Crippen LogP contribution in [-0.4, -0.2) is 39.7 Å². The summed E-state index contributed by atoms with van der Waals surface area (Å²) < 4.78 is 29.2. The fraction of sp³-hybridized carbons (Fsp3) is 0.483. The van der Waals surface area contributed by atoms with Crippen LogP contribution < -0.4 is 0 Å². The monoisotopic (exact) mass is 509 g/mol. The van der Waals surface area contributed by atoms with Crippen molar-refractivity contribution in [1.29, 1.82) is 0 Å². The molecule has 0 N–H and O–H groups in total. The summed E-state index contributed by atoms with van der Waals surface area (Å²) in [5.41, 5.74) is 4.57. The van der Waals surface area contributed by atoms with E-state index in [0.717, 1.165) is 30.4 Å². The Bertz CT molecular complexity index is 1200. The van der Waals surface area contributed by atoms with Gasteiger partial charge in [-0.2, -0.15) is 4.31 Å². The quantitative estimate of drug-likeness (QED) is 0.313. The molecule has 3 unspecified atom stereocenters. The molecule has 0 saturated heterocycles. The zero-order valence-electron chi connectivity index (χ0n) is 21.8. The largest absolute Gasteiger partial charge is 0.299 e. The Labute approximate surface area is 212 Å². The molecule has 6 heteroatoms. The molecule has 2 aliphatic rings. The van der Waals surface area contributed by atoms with E-state index in [1.807, 2.05) is 37.3 Å². The van der Waals surface area contributed by atoms with Crippen LogP contribution in [0.1, 0.15) is 49.7 Å². The van der Waals surface area contributed by atoms with E-state index in [0.29, 0.717) is 30.2 Å². The van der Waals surface area contributed by atoms with Crippen molar-refractivity contribution in [2.24, 2.45) is 5.92 Å². The summed E-state index contributed by atoms with van der Waals surface area (Å²) >= 11 is 0. The van der Waals surface area contributed by atoms with Crippen molar-refractivity contribution < 1.29 is 13.2 Å². The summed E-state index contributed by atoms with van der Waals surface area (Å²) in [4.78, 5) is 14.5. The van der Waals surface area contributed by atoms with E-state index < -0.39 is 18.1 Å². The number of unbranched alkanes of at least 4 members (excludes halogenated alkanes) is 1. The third-order valence-corrected chi connectivity index (χ3v) is 12.2. The molecular weight excluding hydrogens is 470 g/mol. The number of rotatable bonds is 7. The topological polar surface area (TPSA) is 54.5 Å². The number of hydrogen-bond acceptors (Lipinski definition) is 3. The van der Waals surface area contributed by atoms with Crippen LogP contribution in [0.2, 0.25) is 25.2 Å². The minimum Gasteiger partial charge on any atom is -0.299 e. The highest BCUT2D eigenvalue weighted by Gasteiger charge is 2.54. The predicted octanol–water partition coefficient (Wildman–Crippen LogP) is 6.57. The van der Waals surface area contributed by atoms with Crippen molar-refractivity contribution in [1.82, 2.24) is 4.31 Å². The van der Waals surface area contributed by atoms with Crippen LogP contribution in [0.3, 0.4) is 0 Å². The maximum absolute atomic E-state index is 14.1.